The number of pyridine rings is 1. The van der Waals surface area contributed by atoms with Crippen molar-refractivity contribution in [3.63, 3.8) is 0 Å². The van der Waals surface area contributed by atoms with Gasteiger partial charge in [0.05, 0.1) is 21.6 Å². The Morgan fingerprint density at radius 2 is 2.26 bits per heavy atom. The van der Waals surface area contributed by atoms with E-state index >= 15 is 0 Å². The van der Waals surface area contributed by atoms with Gasteiger partial charge in [-0.15, -0.1) is 5.10 Å². The second kappa shape index (κ2) is 6.38. The molecule has 2 rings (SSSR count). The maximum atomic E-state index is 6.13. The van der Waals surface area contributed by atoms with E-state index in [1.54, 1.807) is 12.4 Å². The molecule has 0 spiro atoms. The number of hydrogen-bond acceptors (Lipinski definition) is 6. The smallest absolute Gasteiger partial charge is 0.0829 e. The largest absolute Gasteiger partial charge is 0.271 e. The van der Waals surface area contributed by atoms with Crippen LogP contribution in [0.3, 0.4) is 0 Å². The van der Waals surface area contributed by atoms with E-state index in [0.29, 0.717) is 17.4 Å². The van der Waals surface area contributed by atoms with Gasteiger partial charge in [-0.05, 0) is 35.5 Å². The molecule has 0 radical (unpaired) electrons. The van der Waals surface area contributed by atoms with E-state index in [1.165, 1.54) is 11.5 Å². The lowest BCUT2D eigenvalue weighted by Gasteiger charge is -2.16. The van der Waals surface area contributed by atoms with Crippen LogP contribution in [0.2, 0.25) is 5.02 Å². The van der Waals surface area contributed by atoms with E-state index in [4.69, 9.17) is 17.4 Å². The number of halogens is 1. The molecule has 19 heavy (non-hydrogen) atoms. The normalized spacial score (nSPS) is 12.9. The number of nitrogens with one attached hydrogen (secondary N) is 1. The standard InChI is InChI=1S/C12H16ClN5S/c1-7(2)11-12(19-18-17-11)10(16-14)5-8-3-4-15-6-9(8)13/h3-4,6-7,10,16H,5,14H2,1-2H3. The molecule has 0 amide bonds. The third kappa shape index (κ3) is 3.27. The molecule has 1 atom stereocenters. The summed E-state index contributed by atoms with van der Waals surface area (Å²) in [6.07, 6.45) is 4.04. The van der Waals surface area contributed by atoms with Gasteiger partial charge in [0.2, 0.25) is 0 Å². The molecule has 0 aromatic carbocycles. The number of hydrogen-bond donors (Lipinski definition) is 2. The van der Waals surface area contributed by atoms with Gasteiger partial charge in [0, 0.05) is 12.4 Å². The topological polar surface area (TPSA) is 76.7 Å². The molecule has 0 saturated carbocycles. The van der Waals surface area contributed by atoms with E-state index in [1.807, 2.05) is 6.07 Å². The summed E-state index contributed by atoms with van der Waals surface area (Å²) in [6.45, 7) is 4.18. The Kier molecular flexibility index (Phi) is 4.81. The Morgan fingerprint density at radius 3 is 2.89 bits per heavy atom. The van der Waals surface area contributed by atoms with Crippen LogP contribution < -0.4 is 11.3 Å². The minimum Gasteiger partial charge on any atom is -0.271 e. The fraction of sp³-hybridized carbons (Fsp3) is 0.417. The predicted octanol–water partition coefficient (Wildman–Crippen LogP) is 2.46. The van der Waals surface area contributed by atoms with Crippen LogP contribution >= 0.6 is 23.1 Å². The molecular weight excluding hydrogens is 282 g/mol. The van der Waals surface area contributed by atoms with Crippen LogP contribution in [-0.2, 0) is 6.42 Å². The number of hydrazine groups is 1. The molecule has 2 aromatic rings. The number of aromatic nitrogens is 3. The first-order valence-corrected chi connectivity index (χ1v) is 7.15. The van der Waals surface area contributed by atoms with Crippen LogP contribution in [0.4, 0.5) is 0 Å². The van der Waals surface area contributed by atoms with Gasteiger partial charge in [0.1, 0.15) is 0 Å². The SMILES string of the molecule is CC(C)c1nnsc1C(Cc1ccncc1Cl)NN. The van der Waals surface area contributed by atoms with Crippen molar-refractivity contribution in [1.29, 1.82) is 0 Å². The summed E-state index contributed by atoms with van der Waals surface area (Å²) in [5, 5.41) is 4.82. The van der Waals surface area contributed by atoms with Crippen LogP contribution in [0, 0.1) is 0 Å². The van der Waals surface area contributed by atoms with E-state index in [0.717, 1.165) is 16.1 Å². The molecule has 0 fully saturated rings. The highest BCUT2D eigenvalue weighted by molar-refractivity contribution is 7.05. The lowest BCUT2D eigenvalue weighted by atomic mass is 10.0. The van der Waals surface area contributed by atoms with Crippen molar-refractivity contribution in [2.75, 3.05) is 0 Å². The van der Waals surface area contributed by atoms with E-state index in [-0.39, 0.29) is 6.04 Å². The molecule has 0 saturated heterocycles. The van der Waals surface area contributed by atoms with E-state index in [2.05, 4.69) is 33.8 Å². The van der Waals surface area contributed by atoms with Crippen LogP contribution in [0.5, 0.6) is 0 Å². The van der Waals surface area contributed by atoms with Crippen molar-refractivity contribution in [2.45, 2.75) is 32.2 Å². The summed E-state index contributed by atoms with van der Waals surface area (Å²) >= 11 is 7.50. The summed E-state index contributed by atoms with van der Waals surface area (Å²) in [5.74, 6) is 5.99. The third-order valence-corrected chi connectivity index (χ3v) is 4.08. The first-order chi connectivity index (χ1) is 9.13. The van der Waals surface area contributed by atoms with E-state index in [9.17, 15) is 0 Å². The Labute approximate surface area is 121 Å². The van der Waals surface area contributed by atoms with Crippen LogP contribution in [0.25, 0.3) is 0 Å². The average Bonchev–Trinajstić information content (AvgIpc) is 2.87. The first-order valence-electron chi connectivity index (χ1n) is 6.00. The molecule has 2 aromatic heterocycles. The summed E-state index contributed by atoms with van der Waals surface area (Å²) < 4.78 is 4.03. The number of nitrogens with two attached hydrogens (primary N) is 1. The highest BCUT2D eigenvalue weighted by Crippen LogP contribution is 2.29. The van der Waals surface area contributed by atoms with Crippen molar-refractivity contribution in [1.82, 2.24) is 20.0 Å². The second-order valence-electron chi connectivity index (χ2n) is 4.57. The van der Waals surface area contributed by atoms with Gasteiger partial charge in [0.15, 0.2) is 0 Å². The molecule has 0 aliphatic rings. The highest BCUT2D eigenvalue weighted by Gasteiger charge is 2.21. The van der Waals surface area contributed by atoms with Gasteiger partial charge >= 0.3 is 0 Å². The molecule has 7 heteroatoms. The van der Waals surface area contributed by atoms with Gasteiger partial charge in [-0.25, -0.2) is 0 Å². The molecule has 2 heterocycles. The maximum Gasteiger partial charge on any atom is 0.0829 e. The summed E-state index contributed by atoms with van der Waals surface area (Å²) in [4.78, 5) is 5.04. The Balaban J connectivity index is 2.26. The minimum atomic E-state index is -0.0442. The quantitative estimate of drug-likeness (QED) is 0.655. The Hall–Kier alpha value is -1.08. The van der Waals surface area contributed by atoms with Crippen LogP contribution in [-0.4, -0.2) is 14.6 Å². The summed E-state index contributed by atoms with van der Waals surface area (Å²) in [7, 11) is 0. The fourth-order valence-corrected chi connectivity index (χ4v) is 2.93. The monoisotopic (exact) mass is 297 g/mol. The zero-order valence-corrected chi connectivity index (χ0v) is 12.4. The first kappa shape index (κ1) is 14.3. The van der Waals surface area contributed by atoms with Crippen molar-refractivity contribution < 1.29 is 0 Å². The number of rotatable bonds is 5. The number of nitrogens with zero attached hydrogens (tertiary/aromatic N) is 3. The van der Waals surface area contributed by atoms with Gasteiger partial charge in [0.25, 0.3) is 0 Å². The Morgan fingerprint density at radius 1 is 1.47 bits per heavy atom. The molecule has 3 N–H and O–H groups in total. The summed E-state index contributed by atoms with van der Waals surface area (Å²) in [6, 6.07) is 1.85. The van der Waals surface area contributed by atoms with Crippen molar-refractivity contribution >= 4 is 23.1 Å². The molecule has 0 aliphatic carbocycles. The minimum absolute atomic E-state index is 0.0442. The Bertz CT molecular complexity index is 542. The predicted molar refractivity (Wildman–Crippen MR) is 77.0 cm³/mol. The molecule has 102 valence electrons. The molecule has 1 unspecified atom stereocenters. The van der Waals surface area contributed by atoms with Crippen molar-refractivity contribution in [2.24, 2.45) is 5.84 Å². The molecule has 0 aliphatic heterocycles. The van der Waals surface area contributed by atoms with Gasteiger partial charge in [-0.2, -0.15) is 0 Å². The van der Waals surface area contributed by atoms with Gasteiger partial charge < -0.3 is 0 Å². The maximum absolute atomic E-state index is 6.13. The van der Waals surface area contributed by atoms with Crippen LogP contribution in [0.15, 0.2) is 18.5 Å². The highest BCUT2D eigenvalue weighted by atomic mass is 35.5. The molecular formula is C12H16ClN5S. The lowest BCUT2D eigenvalue weighted by molar-refractivity contribution is 0.551. The fourth-order valence-electron chi connectivity index (χ4n) is 1.86. The zero-order valence-electron chi connectivity index (χ0n) is 10.8. The van der Waals surface area contributed by atoms with Gasteiger partial charge in [-0.3, -0.25) is 16.3 Å². The molecule has 5 nitrogen and oxygen atoms in total. The zero-order chi connectivity index (χ0) is 13.8. The second-order valence-corrected chi connectivity index (χ2v) is 5.76. The third-order valence-electron chi connectivity index (χ3n) is 2.89. The average molecular weight is 298 g/mol. The van der Waals surface area contributed by atoms with Crippen molar-refractivity contribution in [3.8, 4) is 0 Å². The van der Waals surface area contributed by atoms with Crippen molar-refractivity contribution in [3.05, 3.63) is 39.6 Å². The van der Waals surface area contributed by atoms with Crippen LogP contribution in [0.1, 0.15) is 41.9 Å². The lowest BCUT2D eigenvalue weighted by Crippen LogP contribution is -2.29. The van der Waals surface area contributed by atoms with Gasteiger partial charge in [-0.1, -0.05) is 29.9 Å². The molecule has 0 bridgehead atoms. The van der Waals surface area contributed by atoms with E-state index < -0.39 is 0 Å². The summed E-state index contributed by atoms with van der Waals surface area (Å²) in [5.41, 5.74) is 4.81.